The molecule has 1 amide bonds. The summed E-state index contributed by atoms with van der Waals surface area (Å²) in [6, 6.07) is 16.1. The predicted octanol–water partition coefficient (Wildman–Crippen LogP) is 3.53. The Hall–Kier alpha value is -3.39. The van der Waals surface area contributed by atoms with Gasteiger partial charge in [0.2, 0.25) is 11.8 Å². The van der Waals surface area contributed by atoms with E-state index in [0.717, 1.165) is 5.56 Å². The van der Waals surface area contributed by atoms with Crippen molar-refractivity contribution in [1.82, 2.24) is 4.98 Å². The molecule has 0 saturated heterocycles. The molecule has 8 heteroatoms. The second kappa shape index (κ2) is 7.32. The lowest BCUT2D eigenvalue weighted by atomic mass is 10.0. The van der Waals surface area contributed by atoms with Crippen molar-refractivity contribution in [2.75, 3.05) is 5.32 Å². The third-order valence-corrected chi connectivity index (χ3v) is 5.38. The van der Waals surface area contributed by atoms with E-state index >= 15 is 0 Å². The van der Waals surface area contributed by atoms with E-state index in [-0.39, 0.29) is 16.6 Å². The van der Waals surface area contributed by atoms with Gasteiger partial charge in [-0.2, -0.15) is 8.42 Å². The van der Waals surface area contributed by atoms with E-state index in [1.165, 1.54) is 24.3 Å². The van der Waals surface area contributed by atoms with Crippen LogP contribution in [0.3, 0.4) is 0 Å². The molecule has 1 aromatic heterocycles. The highest BCUT2D eigenvalue weighted by molar-refractivity contribution is 7.87. The fourth-order valence-electron chi connectivity index (χ4n) is 2.81. The van der Waals surface area contributed by atoms with Crippen LogP contribution in [0.15, 0.2) is 71.8 Å². The van der Waals surface area contributed by atoms with E-state index in [1.54, 1.807) is 42.6 Å². The first-order valence-corrected chi connectivity index (χ1v) is 9.97. The highest BCUT2D eigenvalue weighted by Crippen LogP contribution is 2.29. The lowest BCUT2D eigenvalue weighted by Crippen LogP contribution is -2.19. The van der Waals surface area contributed by atoms with E-state index in [1.807, 2.05) is 0 Å². The molecule has 1 aliphatic heterocycles. The van der Waals surface area contributed by atoms with Gasteiger partial charge >= 0.3 is 10.1 Å². The number of aryl methyl sites for hydroxylation is 1. The van der Waals surface area contributed by atoms with Crippen LogP contribution in [0.25, 0.3) is 0 Å². The summed E-state index contributed by atoms with van der Waals surface area (Å²) in [5, 5.41) is 2.72. The van der Waals surface area contributed by atoms with E-state index in [2.05, 4.69) is 10.3 Å². The van der Waals surface area contributed by atoms with Crippen LogP contribution in [0.2, 0.25) is 0 Å². The molecule has 0 bridgehead atoms. The molecule has 2 heterocycles. The molecule has 4 rings (SSSR count). The number of nitrogens with one attached hydrogen (secondary N) is 1. The van der Waals surface area contributed by atoms with Gasteiger partial charge in [-0.25, -0.2) is 4.98 Å². The Labute approximate surface area is 162 Å². The van der Waals surface area contributed by atoms with Gasteiger partial charge in [0.05, 0.1) is 0 Å². The van der Waals surface area contributed by atoms with Crippen molar-refractivity contribution in [3.05, 3.63) is 72.4 Å². The smallest absolute Gasteiger partial charge is 0.339 e. The molecular formula is C20H16N2O5S. The zero-order valence-electron chi connectivity index (χ0n) is 14.7. The van der Waals surface area contributed by atoms with Gasteiger partial charge in [-0.1, -0.05) is 12.1 Å². The largest absolute Gasteiger partial charge is 0.439 e. The fraction of sp³-hybridized carbons (Fsp3) is 0.100. The molecule has 7 nitrogen and oxygen atoms in total. The van der Waals surface area contributed by atoms with Crippen LogP contribution in [0.4, 0.5) is 5.69 Å². The van der Waals surface area contributed by atoms with E-state index in [9.17, 15) is 13.2 Å². The number of anilines is 1. The highest BCUT2D eigenvalue weighted by atomic mass is 32.2. The number of carbonyl (C=O) groups excluding carboxylic acids is 1. The molecule has 0 atom stereocenters. The Morgan fingerprint density at radius 3 is 2.61 bits per heavy atom. The summed E-state index contributed by atoms with van der Waals surface area (Å²) >= 11 is 0. The number of pyridine rings is 1. The number of hydrogen-bond donors (Lipinski definition) is 1. The number of rotatable bonds is 5. The van der Waals surface area contributed by atoms with E-state index in [4.69, 9.17) is 8.92 Å². The average molecular weight is 396 g/mol. The Balaban J connectivity index is 1.55. The summed E-state index contributed by atoms with van der Waals surface area (Å²) in [5.74, 6) is 0.835. The third kappa shape index (κ3) is 3.96. The molecule has 0 fully saturated rings. The molecule has 1 aliphatic rings. The van der Waals surface area contributed by atoms with E-state index in [0.29, 0.717) is 30.2 Å². The molecule has 0 aliphatic carbocycles. The second-order valence-corrected chi connectivity index (χ2v) is 7.70. The summed E-state index contributed by atoms with van der Waals surface area (Å²) in [6.07, 6.45) is 2.40. The van der Waals surface area contributed by atoms with Crippen molar-refractivity contribution in [3.63, 3.8) is 0 Å². The van der Waals surface area contributed by atoms with Gasteiger partial charge in [-0.3, -0.25) is 4.79 Å². The van der Waals surface area contributed by atoms with Crippen LogP contribution in [-0.2, 0) is 21.3 Å². The zero-order valence-corrected chi connectivity index (χ0v) is 15.5. The van der Waals surface area contributed by atoms with Gasteiger partial charge in [-0.05, 0) is 48.4 Å². The Morgan fingerprint density at radius 1 is 0.929 bits per heavy atom. The molecule has 0 radical (unpaired) electrons. The monoisotopic (exact) mass is 396 g/mol. The number of nitrogens with zero attached hydrogens (tertiary/aromatic N) is 1. The Kier molecular flexibility index (Phi) is 4.70. The highest BCUT2D eigenvalue weighted by Gasteiger charge is 2.21. The number of aromatic nitrogens is 1. The normalized spacial score (nSPS) is 13.4. The maximum atomic E-state index is 12.7. The lowest BCUT2D eigenvalue weighted by Gasteiger charge is -2.17. The SMILES string of the molecule is O=C1CCc2cc(S(=O)(=O)Oc3cccc(Oc4ccccn4)c3)ccc2N1. The van der Waals surface area contributed by atoms with Crippen molar-refractivity contribution in [1.29, 1.82) is 0 Å². The number of fused-ring (bicyclic) bond motifs is 1. The number of amides is 1. The third-order valence-electron chi connectivity index (χ3n) is 4.13. The summed E-state index contributed by atoms with van der Waals surface area (Å²) in [4.78, 5) is 15.5. The van der Waals surface area contributed by atoms with Crippen molar-refractivity contribution < 1.29 is 22.1 Å². The molecule has 28 heavy (non-hydrogen) atoms. The number of carbonyl (C=O) groups is 1. The first-order valence-electron chi connectivity index (χ1n) is 8.56. The summed E-state index contributed by atoms with van der Waals surface area (Å²) in [6.45, 7) is 0. The fourth-order valence-corrected chi connectivity index (χ4v) is 3.78. The van der Waals surface area contributed by atoms with Crippen molar-refractivity contribution in [3.8, 4) is 17.4 Å². The lowest BCUT2D eigenvalue weighted by molar-refractivity contribution is -0.116. The van der Waals surface area contributed by atoms with Crippen LogP contribution < -0.4 is 14.2 Å². The van der Waals surface area contributed by atoms with Crippen LogP contribution in [0.1, 0.15) is 12.0 Å². The number of benzene rings is 2. The van der Waals surface area contributed by atoms with E-state index < -0.39 is 10.1 Å². The van der Waals surface area contributed by atoms with Crippen molar-refractivity contribution in [2.24, 2.45) is 0 Å². The zero-order chi connectivity index (χ0) is 19.6. The standard InChI is InChI=1S/C20H16N2O5S/c23-19-10-7-14-12-17(8-9-18(14)22-19)28(24,25)27-16-5-3-4-15(13-16)26-20-6-1-2-11-21-20/h1-6,8-9,11-13H,7,10H2,(H,22,23). The van der Waals surface area contributed by atoms with Gasteiger partial charge in [0.15, 0.2) is 0 Å². The first kappa shape index (κ1) is 18.0. The Bertz CT molecular complexity index is 1130. The van der Waals surface area contributed by atoms with Crippen LogP contribution in [0.5, 0.6) is 17.4 Å². The minimum atomic E-state index is -4.03. The molecule has 142 valence electrons. The second-order valence-electron chi connectivity index (χ2n) is 6.15. The van der Waals surface area contributed by atoms with Gasteiger partial charge in [0.1, 0.15) is 16.4 Å². The quantitative estimate of drug-likeness (QED) is 0.663. The minimum absolute atomic E-state index is 0.0263. The van der Waals surface area contributed by atoms with Crippen LogP contribution in [0, 0.1) is 0 Å². The Morgan fingerprint density at radius 2 is 1.79 bits per heavy atom. The molecule has 2 aromatic carbocycles. The summed E-state index contributed by atoms with van der Waals surface area (Å²) in [5.41, 5.74) is 1.39. The maximum absolute atomic E-state index is 12.7. The maximum Gasteiger partial charge on any atom is 0.339 e. The van der Waals surface area contributed by atoms with Crippen LogP contribution >= 0.6 is 0 Å². The van der Waals surface area contributed by atoms with Crippen LogP contribution in [-0.4, -0.2) is 19.3 Å². The molecule has 0 unspecified atom stereocenters. The summed E-state index contributed by atoms with van der Waals surface area (Å²) < 4.78 is 36.2. The van der Waals surface area contributed by atoms with Gasteiger partial charge in [-0.15, -0.1) is 0 Å². The summed E-state index contributed by atoms with van der Waals surface area (Å²) in [7, 11) is -4.03. The first-order chi connectivity index (χ1) is 13.5. The minimum Gasteiger partial charge on any atom is -0.439 e. The molecule has 1 N–H and O–H groups in total. The molecule has 0 spiro atoms. The van der Waals surface area contributed by atoms with Crippen molar-refractivity contribution in [2.45, 2.75) is 17.7 Å². The van der Waals surface area contributed by atoms with Gasteiger partial charge in [0, 0.05) is 30.4 Å². The molecular weight excluding hydrogens is 380 g/mol. The number of ether oxygens (including phenoxy) is 1. The molecule has 0 saturated carbocycles. The van der Waals surface area contributed by atoms with Gasteiger partial charge in [0.25, 0.3) is 0 Å². The topological polar surface area (TPSA) is 94.6 Å². The van der Waals surface area contributed by atoms with Gasteiger partial charge < -0.3 is 14.2 Å². The average Bonchev–Trinajstić information content (AvgIpc) is 2.68. The molecule has 3 aromatic rings. The van der Waals surface area contributed by atoms with Crippen molar-refractivity contribution >= 4 is 21.7 Å². The predicted molar refractivity (Wildman–Crippen MR) is 102 cm³/mol. The number of hydrogen-bond acceptors (Lipinski definition) is 6.